The van der Waals surface area contributed by atoms with Crippen LogP contribution in [-0.2, 0) is 5.41 Å². The Morgan fingerprint density at radius 1 is 0.470 bits per heavy atom. The molecule has 3 heterocycles. The average molecular weight is 865 g/mol. The first-order valence-corrected chi connectivity index (χ1v) is 23.5. The van der Waals surface area contributed by atoms with Gasteiger partial charge in [0.25, 0.3) is 0 Å². The third-order valence-electron chi connectivity index (χ3n) is 14.0. The zero-order chi connectivity index (χ0) is 44.1. The molecule has 2 aliphatic rings. The number of nitrogens with zero attached hydrogens (tertiary/aromatic N) is 4. The topological polar surface area (TPSA) is 32.9 Å². The van der Waals surface area contributed by atoms with Crippen molar-refractivity contribution in [3.05, 3.63) is 234 Å². The first kappa shape index (κ1) is 38.6. The molecule has 0 spiro atoms. The van der Waals surface area contributed by atoms with E-state index in [1.807, 2.05) is 11.3 Å². The Morgan fingerprint density at radius 3 is 1.95 bits per heavy atom. The number of amidine groups is 2. The molecule has 0 N–H and O–H groups in total. The minimum Gasteiger partial charge on any atom is -0.333 e. The van der Waals surface area contributed by atoms with Gasteiger partial charge < -0.3 is 9.47 Å². The van der Waals surface area contributed by atoms with Crippen LogP contribution in [-0.4, -0.2) is 28.2 Å². The van der Waals surface area contributed by atoms with Crippen LogP contribution in [0.2, 0.25) is 0 Å². The summed E-state index contributed by atoms with van der Waals surface area (Å²) in [6.07, 6.45) is -0.318. The predicted octanol–water partition coefficient (Wildman–Crippen LogP) is 15.6. The first-order valence-electron chi connectivity index (χ1n) is 22.7. The molecule has 0 bridgehead atoms. The van der Waals surface area contributed by atoms with Gasteiger partial charge in [0.2, 0.25) is 0 Å². The van der Waals surface area contributed by atoms with E-state index in [0.29, 0.717) is 0 Å². The van der Waals surface area contributed by atoms with Crippen LogP contribution in [0.1, 0.15) is 47.8 Å². The zero-order valence-corrected chi connectivity index (χ0v) is 37.7. The van der Waals surface area contributed by atoms with Gasteiger partial charge in [0.1, 0.15) is 5.84 Å². The summed E-state index contributed by atoms with van der Waals surface area (Å²) in [4.78, 5) is 13.3. The third-order valence-corrected chi connectivity index (χ3v) is 15.2. The SMILES string of the molecule is CN1C(c2cccc3sc4ccc(-n5c6ccccc6c6cc7c(cc65)C(C)(C)c5ccccc5-7)cc4c23)=NC(c2cccc(-c3ccccc3)c2)=NC1c1cccc(-c2ccccc2)c1. The maximum Gasteiger partial charge on any atom is 0.159 e. The minimum absolute atomic E-state index is 0.109. The van der Waals surface area contributed by atoms with E-state index in [1.54, 1.807) is 0 Å². The number of rotatable bonds is 6. The summed E-state index contributed by atoms with van der Waals surface area (Å²) in [5.41, 5.74) is 16.7. The van der Waals surface area contributed by atoms with Crippen molar-refractivity contribution in [1.29, 1.82) is 0 Å². The van der Waals surface area contributed by atoms with Crippen LogP contribution in [0.4, 0.5) is 0 Å². The molecule has 13 rings (SSSR count). The van der Waals surface area contributed by atoms with Gasteiger partial charge in [-0.3, -0.25) is 0 Å². The molecule has 11 aromatic rings. The Labute approximate surface area is 388 Å². The highest BCUT2D eigenvalue weighted by atomic mass is 32.1. The normalized spacial score (nSPS) is 15.3. The number of aliphatic imine (C=N–C) groups is 2. The van der Waals surface area contributed by atoms with Crippen LogP contribution in [0.15, 0.2) is 216 Å². The quantitative estimate of drug-likeness (QED) is 0.164. The van der Waals surface area contributed by atoms with E-state index in [9.17, 15) is 0 Å². The molecule has 0 fully saturated rings. The average Bonchev–Trinajstić information content (AvgIpc) is 3.98. The fourth-order valence-electron chi connectivity index (χ4n) is 10.8. The largest absolute Gasteiger partial charge is 0.333 e. The third kappa shape index (κ3) is 5.97. The summed E-state index contributed by atoms with van der Waals surface area (Å²) in [7, 11) is 2.15. The molecule has 1 atom stereocenters. The molecule has 314 valence electrons. The van der Waals surface area contributed by atoms with Gasteiger partial charge in [-0.25, -0.2) is 9.98 Å². The zero-order valence-electron chi connectivity index (χ0n) is 36.9. The predicted molar refractivity (Wildman–Crippen MR) is 279 cm³/mol. The number of aromatic nitrogens is 1. The molecule has 0 amide bonds. The van der Waals surface area contributed by atoms with Crippen LogP contribution in [0.5, 0.6) is 0 Å². The molecule has 66 heavy (non-hydrogen) atoms. The van der Waals surface area contributed by atoms with Gasteiger partial charge >= 0.3 is 0 Å². The molecule has 5 heteroatoms. The second-order valence-electron chi connectivity index (χ2n) is 18.2. The highest BCUT2D eigenvalue weighted by Gasteiger charge is 2.36. The van der Waals surface area contributed by atoms with Gasteiger partial charge in [-0.05, 0) is 105 Å². The maximum absolute atomic E-state index is 5.54. The van der Waals surface area contributed by atoms with Crippen molar-refractivity contribution in [3.8, 4) is 39.1 Å². The van der Waals surface area contributed by atoms with Gasteiger partial charge in [0, 0.05) is 60.2 Å². The Balaban J connectivity index is 1.00. The standard InChI is InChI=1S/C61H44N4S/c1-61(2)51-28-12-10-25-45(51)48-36-49-46-26-11-13-29-53(46)65(54(49)37-52(48)61)44-31-32-55-50(35-44)57-47(27-16-30-56(57)66-55)60-63-58(42-23-14-21-40(33-42)38-17-6-4-7-18-38)62-59(64(60)3)43-24-15-22-41(34-43)39-19-8-5-9-20-39/h4-37,59H,1-3H3. The summed E-state index contributed by atoms with van der Waals surface area (Å²) in [5, 5.41) is 4.96. The smallest absolute Gasteiger partial charge is 0.159 e. The molecule has 9 aromatic carbocycles. The maximum atomic E-state index is 5.54. The van der Waals surface area contributed by atoms with Crippen LogP contribution in [0.3, 0.4) is 0 Å². The van der Waals surface area contributed by atoms with Gasteiger partial charge in [0.05, 0.1) is 11.0 Å². The Kier molecular flexibility index (Phi) is 8.68. The van der Waals surface area contributed by atoms with Crippen LogP contribution < -0.4 is 0 Å². The van der Waals surface area contributed by atoms with Gasteiger partial charge in [0.15, 0.2) is 12.0 Å². The molecule has 0 saturated heterocycles. The molecular formula is C61H44N4S. The highest BCUT2D eigenvalue weighted by molar-refractivity contribution is 7.25. The number of para-hydroxylation sites is 1. The van der Waals surface area contributed by atoms with Crippen molar-refractivity contribution in [2.75, 3.05) is 7.05 Å². The molecule has 1 aliphatic carbocycles. The number of hydrogen-bond acceptors (Lipinski definition) is 4. The fourth-order valence-corrected chi connectivity index (χ4v) is 11.9. The molecule has 2 aromatic heterocycles. The Bertz CT molecular complexity index is 3820. The highest BCUT2D eigenvalue weighted by Crippen LogP contribution is 2.51. The van der Waals surface area contributed by atoms with Crippen molar-refractivity contribution in [3.63, 3.8) is 0 Å². The van der Waals surface area contributed by atoms with Gasteiger partial charge in [-0.15, -0.1) is 11.3 Å². The lowest BCUT2D eigenvalue weighted by Crippen LogP contribution is -2.35. The Hall–Kier alpha value is -7.86. The molecule has 1 unspecified atom stereocenters. The number of fused-ring (bicyclic) bond motifs is 9. The summed E-state index contributed by atoms with van der Waals surface area (Å²) >= 11 is 1.84. The molecule has 4 nitrogen and oxygen atoms in total. The summed E-state index contributed by atoms with van der Waals surface area (Å²) < 4.78 is 4.96. The van der Waals surface area contributed by atoms with E-state index >= 15 is 0 Å². The monoisotopic (exact) mass is 864 g/mol. The molecular weight excluding hydrogens is 821 g/mol. The number of hydrogen-bond donors (Lipinski definition) is 0. The summed E-state index contributed by atoms with van der Waals surface area (Å²) in [6, 6.07) is 75.1. The number of benzene rings is 9. The summed E-state index contributed by atoms with van der Waals surface area (Å²) in [5.74, 6) is 1.61. The first-order chi connectivity index (χ1) is 32.4. The fraction of sp³-hybridized carbons (Fsp3) is 0.0820. The second-order valence-corrected chi connectivity index (χ2v) is 19.3. The van der Waals surface area contributed by atoms with Gasteiger partial charge in [-0.2, -0.15) is 0 Å². The van der Waals surface area contributed by atoms with E-state index in [2.05, 4.69) is 237 Å². The van der Waals surface area contributed by atoms with Crippen LogP contribution in [0, 0.1) is 0 Å². The number of thiophene rings is 1. The van der Waals surface area contributed by atoms with Crippen LogP contribution in [0.25, 0.3) is 81.0 Å². The minimum atomic E-state index is -0.318. The van der Waals surface area contributed by atoms with Crippen LogP contribution >= 0.6 is 11.3 Å². The van der Waals surface area contributed by atoms with Crippen molar-refractivity contribution >= 4 is 65.0 Å². The van der Waals surface area contributed by atoms with Crippen molar-refractivity contribution < 1.29 is 0 Å². The van der Waals surface area contributed by atoms with Crippen molar-refractivity contribution in [1.82, 2.24) is 9.47 Å². The Morgan fingerprint density at radius 2 is 1.14 bits per heavy atom. The van der Waals surface area contributed by atoms with E-state index < -0.39 is 0 Å². The van der Waals surface area contributed by atoms with Gasteiger partial charge in [-0.1, -0.05) is 166 Å². The second kappa shape index (κ2) is 14.8. The van der Waals surface area contributed by atoms with E-state index in [-0.39, 0.29) is 11.6 Å². The van der Waals surface area contributed by atoms with E-state index in [0.717, 1.165) is 50.7 Å². The summed E-state index contributed by atoms with van der Waals surface area (Å²) in [6.45, 7) is 4.74. The molecule has 0 saturated carbocycles. The van der Waals surface area contributed by atoms with Crippen molar-refractivity contribution in [2.45, 2.75) is 25.4 Å². The van der Waals surface area contributed by atoms with Crippen molar-refractivity contribution in [2.24, 2.45) is 9.98 Å². The lowest BCUT2D eigenvalue weighted by Gasteiger charge is -2.33. The lowest BCUT2D eigenvalue weighted by atomic mass is 9.82. The van der Waals surface area contributed by atoms with E-state index in [1.165, 1.54) is 69.8 Å². The lowest BCUT2D eigenvalue weighted by molar-refractivity contribution is 0.383. The molecule has 0 radical (unpaired) electrons. The molecule has 1 aliphatic heterocycles. The van der Waals surface area contributed by atoms with E-state index in [4.69, 9.17) is 9.98 Å².